The van der Waals surface area contributed by atoms with Crippen molar-refractivity contribution in [2.75, 3.05) is 26.2 Å². The van der Waals surface area contributed by atoms with Crippen molar-refractivity contribution in [2.24, 2.45) is 4.99 Å². The summed E-state index contributed by atoms with van der Waals surface area (Å²) >= 11 is 6.18. The summed E-state index contributed by atoms with van der Waals surface area (Å²) in [5.41, 5.74) is 0.726. The Morgan fingerprint density at radius 1 is 1.17 bits per heavy atom. The lowest BCUT2D eigenvalue weighted by molar-refractivity contribution is 0.119. The minimum Gasteiger partial charge on any atom is -0.386 e. The smallest absolute Gasteiger partial charge is 0.191 e. The number of likely N-dealkylation sites (tertiary alicyclic amines) is 1. The number of aliphatic hydroxyl groups excluding tert-OH is 1. The maximum Gasteiger partial charge on any atom is 0.191 e. The van der Waals surface area contributed by atoms with E-state index in [1.807, 2.05) is 18.2 Å². The van der Waals surface area contributed by atoms with E-state index in [0.717, 1.165) is 37.0 Å². The highest BCUT2D eigenvalue weighted by atomic mass is 127. The van der Waals surface area contributed by atoms with E-state index < -0.39 is 6.10 Å². The molecule has 1 saturated heterocycles. The van der Waals surface area contributed by atoms with Crippen molar-refractivity contribution in [3.05, 3.63) is 34.9 Å². The molecule has 0 bridgehead atoms. The summed E-state index contributed by atoms with van der Waals surface area (Å²) in [6, 6.07) is 8.65. The zero-order chi connectivity index (χ0) is 19.8. The number of guanidine groups is 1. The highest BCUT2D eigenvalue weighted by molar-refractivity contribution is 14.0. The molecule has 29 heavy (non-hydrogen) atoms. The number of hydrogen-bond donors (Lipinski definition) is 3. The number of rotatable bonds is 6. The Kier molecular flexibility index (Phi) is 11.0. The SMILES string of the molecule is CCNC(=NCC(O)c1ccccc1Cl)NC1CCN(C2CCCCC2)CC1.I. The van der Waals surface area contributed by atoms with Crippen molar-refractivity contribution < 1.29 is 5.11 Å². The fourth-order valence-corrected chi connectivity index (χ4v) is 4.65. The standard InChI is InChI=1S/C22H35ClN4O.HI/c1-2-24-22(25-16-21(28)19-10-6-7-11-20(19)23)26-17-12-14-27(15-13-17)18-8-4-3-5-9-18;/h6-7,10-11,17-18,21,28H,2-5,8-9,12-16H2,1H3,(H2,24,25,26);1H. The zero-order valence-corrected chi connectivity index (χ0v) is 20.5. The number of benzene rings is 1. The molecule has 5 nitrogen and oxygen atoms in total. The lowest BCUT2D eigenvalue weighted by atomic mass is 9.92. The van der Waals surface area contributed by atoms with Crippen molar-refractivity contribution in [2.45, 2.75) is 70.1 Å². The molecular formula is C22H36ClIN4O. The van der Waals surface area contributed by atoms with Gasteiger partial charge in [-0.15, -0.1) is 24.0 Å². The minimum absolute atomic E-state index is 0. The molecule has 0 spiro atoms. The number of hydrogen-bond acceptors (Lipinski definition) is 3. The average molecular weight is 535 g/mol. The molecule has 1 aliphatic carbocycles. The van der Waals surface area contributed by atoms with Crippen molar-refractivity contribution in [1.29, 1.82) is 0 Å². The molecule has 1 heterocycles. The van der Waals surface area contributed by atoms with Crippen LogP contribution in [-0.2, 0) is 0 Å². The second-order valence-corrected chi connectivity index (χ2v) is 8.41. The number of halogens is 2. The fraction of sp³-hybridized carbons (Fsp3) is 0.682. The molecule has 2 aliphatic rings. The molecule has 1 saturated carbocycles. The molecule has 3 N–H and O–H groups in total. The van der Waals surface area contributed by atoms with E-state index in [4.69, 9.17) is 11.6 Å². The predicted molar refractivity (Wildman–Crippen MR) is 132 cm³/mol. The molecule has 0 aromatic heterocycles. The first-order chi connectivity index (χ1) is 13.7. The molecule has 1 aromatic carbocycles. The van der Waals surface area contributed by atoms with E-state index in [-0.39, 0.29) is 24.0 Å². The molecule has 1 aliphatic heterocycles. The van der Waals surface area contributed by atoms with Crippen LogP contribution in [0.2, 0.25) is 5.02 Å². The third-order valence-corrected chi connectivity index (χ3v) is 6.34. The topological polar surface area (TPSA) is 59.9 Å². The van der Waals surface area contributed by atoms with Crippen LogP contribution in [0.25, 0.3) is 0 Å². The van der Waals surface area contributed by atoms with Crippen LogP contribution in [0.4, 0.5) is 0 Å². The number of piperidine rings is 1. The van der Waals surface area contributed by atoms with Crippen LogP contribution in [0.1, 0.15) is 63.5 Å². The van der Waals surface area contributed by atoms with Crippen LogP contribution in [0.3, 0.4) is 0 Å². The van der Waals surface area contributed by atoms with Crippen LogP contribution in [0.5, 0.6) is 0 Å². The predicted octanol–water partition coefficient (Wildman–Crippen LogP) is 4.34. The number of nitrogens with zero attached hydrogens (tertiary/aromatic N) is 2. The monoisotopic (exact) mass is 534 g/mol. The maximum absolute atomic E-state index is 10.4. The average Bonchev–Trinajstić information content (AvgIpc) is 2.73. The van der Waals surface area contributed by atoms with Gasteiger partial charge in [0.05, 0.1) is 6.54 Å². The van der Waals surface area contributed by atoms with Crippen molar-refractivity contribution in [1.82, 2.24) is 15.5 Å². The molecule has 1 aromatic rings. The van der Waals surface area contributed by atoms with Crippen LogP contribution in [0.15, 0.2) is 29.3 Å². The highest BCUT2D eigenvalue weighted by Crippen LogP contribution is 2.25. The molecule has 0 radical (unpaired) electrons. The normalized spacial score (nSPS) is 20.7. The fourth-order valence-electron chi connectivity index (χ4n) is 4.39. The Balaban J connectivity index is 0.00000300. The first-order valence-corrected chi connectivity index (χ1v) is 11.3. The van der Waals surface area contributed by atoms with Gasteiger partial charge in [-0.25, -0.2) is 0 Å². The van der Waals surface area contributed by atoms with Gasteiger partial charge >= 0.3 is 0 Å². The van der Waals surface area contributed by atoms with E-state index in [1.165, 1.54) is 45.2 Å². The van der Waals surface area contributed by atoms with Gasteiger partial charge in [-0.1, -0.05) is 49.1 Å². The van der Waals surface area contributed by atoms with Gasteiger partial charge in [0, 0.05) is 42.3 Å². The third kappa shape index (κ3) is 7.56. The summed E-state index contributed by atoms with van der Waals surface area (Å²) in [5, 5.41) is 17.9. The molecule has 1 unspecified atom stereocenters. The van der Waals surface area contributed by atoms with Crippen molar-refractivity contribution >= 4 is 41.5 Å². The molecule has 0 amide bonds. The Labute approximate surface area is 197 Å². The Bertz CT molecular complexity index is 631. The highest BCUT2D eigenvalue weighted by Gasteiger charge is 2.26. The van der Waals surface area contributed by atoms with Crippen molar-refractivity contribution in [3.8, 4) is 0 Å². The Morgan fingerprint density at radius 2 is 1.86 bits per heavy atom. The van der Waals surface area contributed by atoms with E-state index in [2.05, 4.69) is 27.4 Å². The zero-order valence-electron chi connectivity index (χ0n) is 17.4. The minimum atomic E-state index is -0.697. The van der Waals surface area contributed by atoms with Gasteiger partial charge < -0.3 is 20.6 Å². The molecule has 164 valence electrons. The molecular weight excluding hydrogens is 499 g/mol. The Hall–Kier alpha value is -0.570. The maximum atomic E-state index is 10.4. The molecule has 7 heteroatoms. The number of aliphatic hydroxyl groups is 1. The van der Waals surface area contributed by atoms with Crippen LogP contribution in [0, 0.1) is 0 Å². The van der Waals surface area contributed by atoms with E-state index in [0.29, 0.717) is 17.6 Å². The molecule has 3 rings (SSSR count). The van der Waals surface area contributed by atoms with Crippen molar-refractivity contribution in [3.63, 3.8) is 0 Å². The van der Waals surface area contributed by atoms with Gasteiger partial charge in [0.1, 0.15) is 6.10 Å². The van der Waals surface area contributed by atoms with Gasteiger partial charge in [-0.3, -0.25) is 4.99 Å². The van der Waals surface area contributed by atoms with Gasteiger partial charge in [0.25, 0.3) is 0 Å². The van der Waals surface area contributed by atoms with E-state index in [9.17, 15) is 5.11 Å². The van der Waals surface area contributed by atoms with Crippen LogP contribution < -0.4 is 10.6 Å². The lowest BCUT2D eigenvalue weighted by Crippen LogP contribution is -2.51. The van der Waals surface area contributed by atoms with E-state index in [1.54, 1.807) is 6.07 Å². The summed E-state index contributed by atoms with van der Waals surface area (Å²) in [6.45, 7) is 5.50. The third-order valence-electron chi connectivity index (χ3n) is 5.99. The second-order valence-electron chi connectivity index (χ2n) is 8.00. The molecule has 1 atom stereocenters. The summed E-state index contributed by atoms with van der Waals surface area (Å²) < 4.78 is 0. The van der Waals surface area contributed by atoms with Gasteiger partial charge in [0.2, 0.25) is 0 Å². The first kappa shape index (κ1) is 24.7. The van der Waals surface area contributed by atoms with Crippen LogP contribution in [-0.4, -0.2) is 54.2 Å². The summed E-state index contributed by atoms with van der Waals surface area (Å²) in [5.74, 6) is 0.782. The number of aliphatic imine (C=N–C) groups is 1. The second kappa shape index (κ2) is 13.0. The lowest BCUT2D eigenvalue weighted by Gasteiger charge is -2.39. The van der Waals surface area contributed by atoms with Gasteiger partial charge in [-0.05, 0) is 38.7 Å². The quantitative estimate of drug-likeness (QED) is 0.289. The van der Waals surface area contributed by atoms with Crippen LogP contribution >= 0.6 is 35.6 Å². The first-order valence-electron chi connectivity index (χ1n) is 10.9. The number of nitrogens with one attached hydrogen (secondary N) is 2. The summed E-state index contributed by atoms with van der Waals surface area (Å²) in [4.78, 5) is 7.30. The Morgan fingerprint density at radius 3 is 2.52 bits per heavy atom. The van der Waals surface area contributed by atoms with E-state index >= 15 is 0 Å². The molecule has 2 fully saturated rings. The largest absolute Gasteiger partial charge is 0.386 e. The summed E-state index contributed by atoms with van der Waals surface area (Å²) in [6.07, 6.45) is 8.56. The summed E-state index contributed by atoms with van der Waals surface area (Å²) in [7, 11) is 0. The van der Waals surface area contributed by atoms with Gasteiger partial charge in [0.15, 0.2) is 5.96 Å². The van der Waals surface area contributed by atoms with Gasteiger partial charge in [-0.2, -0.15) is 0 Å².